The van der Waals surface area contributed by atoms with Crippen LogP contribution in [-0.4, -0.2) is 45.1 Å². The average molecular weight is 367 g/mol. The number of hydrogen-bond donors (Lipinski definition) is 0. The smallest absolute Gasteiger partial charge is 0.232 e. The third-order valence-corrected chi connectivity index (χ3v) is 6.12. The molecule has 1 saturated heterocycles. The highest BCUT2D eigenvalue weighted by Crippen LogP contribution is 2.28. The Bertz CT molecular complexity index is 712. The molecule has 1 aromatic carbocycles. The number of amides is 1. The number of carbonyl (C=O) groups is 1. The van der Waals surface area contributed by atoms with E-state index < -0.39 is 10.0 Å². The fraction of sp³-hybridized carbons (Fsp3) is 0.632. The largest absolute Gasteiger partial charge is 0.343 e. The molecule has 1 amide bonds. The molecule has 0 bridgehead atoms. The molecule has 1 fully saturated rings. The van der Waals surface area contributed by atoms with Gasteiger partial charge < -0.3 is 4.90 Å². The first kappa shape index (κ1) is 19.8. The zero-order valence-electron chi connectivity index (χ0n) is 16.0. The number of anilines is 1. The van der Waals surface area contributed by atoms with Crippen molar-refractivity contribution in [1.82, 2.24) is 4.90 Å². The van der Waals surface area contributed by atoms with E-state index in [1.807, 2.05) is 37.8 Å². The van der Waals surface area contributed by atoms with Gasteiger partial charge in [0.25, 0.3) is 0 Å². The van der Waals surface area contributed by atoms with Crippen LogP contribution in [-0.2, 0) is 14.8 Å². The zero-order valence-corrected chi connectivity index (χ0v) is 16.8. The summed E-state index contributed by atoms with van der Waals surface area (Å²) >= 11 is 0. The summed E-state index contributed by atoms with van der Waals surface area (Å²) in [6.45, 7) is 9.78. The van der Waals surface area contributed by atoms with Crippen molar-refractivity contribution in [2.75, 3.05) is 30.2 Å². The number of nitrogens with zero attached hydrogens (tertiary/aromatic N) is 2. The summed E-state index contributed by atoms with van der Waals surface area (Å²) in [6, 6.07) is 3.96. The maximum absolute atomic E-state index is 12.5. The molecule has 5 nitrogen and oxygen atoms in total. The van der Waals surface area contributed by atoms with E-state index in [0.29, 0.717) is 11.6 Å². The van der Waals surface area contributed by atoms with Crippen LogP contribution in [0.3, 0.4) is 0 Å². The van der Waals surface area contributed by atoms with Gasteiger partial charge >= 0.3 is 0 Å². The quantitative estimate of drug-likeness (QED) is 0.805. The third-order valence-electron chi connectivity index (χ3n) is 4.95. The first-order valence-electron chi connectivity index (χ1n) is 8.93. The van der Waals surface area contributed by atoms with Crippen molar-refractivity contribution in [3.8, 4) is 0 Å². The molecule has 6 heteroatoms. The van der Waals surface area contributed by atoms with E-state index in [0.717, 1.165) is 42.6 Å². The molecule has 0 unspecified atom stereocenters. The van der Waals surface area contributed by atoms with Gasteiger partial charge in [0.15, 0.2) is 0 Å². The second-order valence-electron chi connectivity index (χ2n) is 7.40. The fourth-order valence-electron chi connectivity index (χ4n) is 3.62. The number of piperidine rings is 1. The van der Waals surface area contributed by atoms with Gasteiger partial charge in [-0.2, -0.15) is 0 Å². The molecular formula is C19H30N2O3S. The van der Waals surface area contributed by atoms with Crippen LogP contribution < -0.4 is 4.31 Å². The highest BCUT2D eigenvalue weighted by Gasteiger charge is 2.25. The molecule has 25 heavy (non-hydrogen) atoms. The molecule has 0 N–H and O–H groups in total. The number of benzene rings is 1. The Labute approximate surface area is 152 Å². The number of aryl methyl sites for hydroxylation is 3. The van der Waals surface area contributed by atoms with E-state index in [4.69, 9.17) is 0 Å². The summed E-state index contributed by atoms with van der Waals surface area (Å²) in [4.78, 5) is 14.4. The summed E-state index contributed by atoms with van der Waals surface area (Å²) in [5.41, 5.74) is 3.64. The summed E-state index contributed by atoms with van der Waals surface area (Å²) in [5.74, 6) is 0.706. The molecule has 1 aliphatic rings. The lowest BCUT2D eigenvalue weighted by molar-refractivity contribution is -0.132. The van der Waals surface area contributed by atoms with Gasteiger partial charge in [-0.15, -0.1) is 0 Å². The van der Waals surface area contributed by atoms with E-state index in [1.165, 1.54) is 10.6 Å². The summed E-state index contributed by atoms with van der Waals surface area (Å²) in [6.07, 6.45) is 3.47. The lowest BCUT2D eigenvalue weighted by Crippen LogP contribution is -2.40. The highest BCUT2D eigenvalue weighted by molar-refractivity contribution is 7.92. The second-order valence-corrected chi connectivity index (χ2v) is 9.30. The normalized spacial score (nSPS) is 16.1. The van der Waals surface area contributed by atoms with Gasteiger partial charge in [0.1, 0.15) is 0 Å². The lowest BCUT2D eigenvalue weighted by Gasteiger charge is -2.31. The van der Waals surface area contributed by atoms with Gasteiger partial charge in [-0.25, -0.2) is 8.42 Å². The predicted octanol–water partition coefficient (Wildman–Crippen LogP) is 3.03. The monoisotopic (exact) mass is 366 g/mol. The van der Waals surface area contributed by atoms with E-state index >= 15 is 0 Å². The van der Waals surface area contributed by atoms with E-state index in [9.17, 15) is 13.2 Å². The molecule has 1 aliphatic heterocycles. The Hall–Kier alpha value is -1.56. The SMILES string of the molecule is Cc1cc(C)c(N(CCC(=O)N2CCC(C)CC2)S(C)(=O)=O)c(C)c1. The molecule has 0 radical (unpaired) electrons. The third kappa shape index (κ3) is 4.97. The first-order chi connectivity index (χ1) is 11.6. The molecular weight excluding hydrogens is 336 g/mol. The predicted molar refractivity (Wildman–Crippen MR) is 102 cm³/mol. The van der Waals surface area contributed by atoms with Gasteiger partial charge in [-0.3, -0.25) is 9.10 Å². The Kier molecular flexibility index (Phi) is 6.14. The minimum Gasteiger partial charge on any atom is -0.343 e. The van der Waals surface area contributed by atoms with Crippen molar-refractivity contribution in [3.05, 3.63) is 28.8 Å². The van der Waals surface area contributed by atoms with E-state index in [1.54, 1.807) is 0 Å². The lowest BCUT2D eigenvalue weighted by atomic mass is 9.99. The number of hydrogen-bond acceptors (Lipinski definition) is 3. The topological polar surface area (TPSA) is 57.7 Å². The van der Waals surface area contributed by atoms with E-state index in [-0.39, 0.29) is 18.9 Å². The molecule has 0 spiro atoms. The Morgan fingerprint density at radius 2 is 1.68 bits per heavy atom. The van der Waals surface area contributed by atoms with E-state index in [2.05, 4.69) is 6.92 Å². The Morgan fingerprint density at radius 3 is 2.16 bits per heavy atom. The van der Waals surface area contributed by atoms with Gasteiger partial charge in [-0.05, 0) is 50.7 Å². The molecule has 0 saturated carbocycles. The molecule has 1 heterocycles. The van der Waals surface area contributed by atoms with Gasteiger partial charge in [0.2, 0.25) is 15.9 Å². The van der Waals surface area contributed by atoms with Crippen LogP contribution >= 0.6 is 0 Å². The van der Waals surface area contributed by atoms with Crippen molar-refractivity contribution in [2.45, 2.75) is 47.0 Å². The van der Waals surface area contributed by atoms with Crippen molar-refractivity contribution < 1.29 is 13.2 Å². The minimum absolute atomic E-state index is 0.0444. The van der Waals surface area contributed by atoms with Crippen LogP contribution in [0.2, 0.25) is 0 Å². The van der Waals surface area contributed by atoms with Crippen LogP contribution in [0.4, 0.5) is 5.69 Å². The first-order valence-corrected chi connectivity index (χ1v) is 10.8. The van der Waals surface area contributed by atoms with Crippen molar-refractivity contribution in [3.63, 3.8) is 0 Å². The fourth-order valence-corrected chi connectivity index (χ4v) is 4.67. The Balaban J connectivity index is 2.16. The number of rotatable bonds is 5. The summed E-state index contributed by atoms with van der Waals surface area (Å²) in [5, 5.41) is 0. The zero-order chi connectivity index (χ0) is 18.8. The molecule has 1 aromatic rings. The Morgan fingerprint density at radius 1 is 1.16 bits per heavy atom. The molecule has 0 aromatic heterocycles. The maximum Gasteiger partial charge on any atom is 0.232 e. The maximum atomic E-state index is 12.5. The number of sulfonamides is 1. The highest BCUT2D eigenvalue weighted by atomic mass is 32.2. The van der Waals surface area contributed by atoms with Crippen LogP contribution in [0.15, 0.2) is 12.1 Å². The minimum atomic E-state index is -3.45. The van der Waals surface area contributed by atoms with Gasteiger partial charge in [-0.1, -0.05) is 24.6 Å². The van der Waals surface area contributed by atoms with Crippen molar-refractivity contribution >= 4 is 21.6 Å². The van der Waals surface area contributed by atoms with Gasteiger partial charge in [0.05, 0.1) is 11.9 Å². The van der Waals surface area contributed by atoms with Crippen molar-refractivity contribution in [2.24, 2.45) is 5.92 Å². The number of likely N-dealkylation sites (tertiary alicyclic amines) is 1. The van der Waals surface area contributed by atoms with Gasteiger partial charge in [0, 0.05) is 26.1 Å². The number of carbonyl (C=O) groups excluding carboxylic acids is 1. The average Bonchev–Trinajstić information content (AvgIpc) is 2.48. The summed E-state index contributed by atoms with van der Waals surface area (Å²) in [7, 11) is -3.45. The van der Waals surface area contributed by atoms with Crippen LogP contribution in [0.25, 0.3) is 0 Å². The van der Waals surface area contributed by atoms with Crippen molar-refractivity contribution in [1.29, 1.82) is 0 Å². The standard InChI is InChI=1S/C19H30N2O3S/c1-14-6-9-20(10-7-14)18(22)8-11-21(25(5,23)24)19-16(3)12-15(2)13-17(19)4/h12-14H,6-11H2,1-5H3. The van der Waals surface area contributed by atoms with Crippen LogP contribution in [0.1, 0.15) is 42.9 Å². The summed E-state index contributed by atoms with van der Waals surface area (Å²) < 4.78 is 26.1. The molecule has 0 atom stereocenters. The second kappa shape index (κ2) is 7.77. The molecule has 140 valence electrons. The molecule has 2 rings (SSSR count). The van der Waals surface area contributed by atoms with Crippen LogP contribution in [0.5, 0.6) is 0 Å². The van der Waals surface area contributed by atoms with Crippen LogP contribution in [0, 0.1) is 26.7 Å². The molecule has 0 aliphatic carbocycles.